The Balaban J connectivity index is 1.70. The number of aromatic hydroxyl groups is 2. The standard InChI is InChI=1S/C21H15NO4/c23-18-8-5-13(10-19(18)24)9-16-12-20(25)22(21(16)26)17-7-6-14-3-1-2-4-15(14)11-17/h1-11,23-24H,12H2/b16-9+. The molecule has 4 rings (SSSR count). The van der Waals surface area contributed by atoms with Crippen molar-refractivity contribution in [3.63, 3.8) is 0 Å². The van der Waals surface area contributed by atoms with Crippen molar-refractivity contribution in [2.75, 3.05) is 4.90 Å². The van der Waals surface area contributed by atoms with Gasteiger partial charge in [0.05, 0.1) is 12.1 Å². The van der Waals surface area contributed by atoms with Gasteiger partial charge in [0.1, 0.15) is 0 Å². The van der Waals surface area contributed by atoms with E-state index in [1.807, 2.05) is 36.4 Å². The molecule has 1 fully saturated rings. The smallest absolute Gasteiger partial charge is 0.261 e. The molecule has 2 N–H and O–H groups in total. The van der Waals surface area contributed by atoms with Crippen molar-refractivity contribution in [1.29, 1.82) is 0 Å². The van der Waals surface area contributed by atoms with Gasteiger partial charge < -0.3 is 10.2 Å². The number of amides is 2. The second-order valence-electron chi connectivity index (χ2n) is 6.16. The Morgan fingerprint density at radius 3 is 2.38 bits per heavy atom. The minimum atomic E-state index is -0.377. The fourth-order valence-electron chi connectivity index (χ4n) is 3.10. The van der Waals surface area contributed by atoms with Crippen molar-refractivity contribution in [2.24, 2.45) is 0 Å². The minimum Gasteiger partial charge on any atom is -0.504 e. The van der Waals surface area contributed by atoms with E-state index in [9.17, 15) is 19.8 Å². The first kappa shape index (κ1) is 15.9. The molecule has 0 atom stereocenters. The zero-order valence-corrected chi connectivity index (χ0v) is 13.7. The summed E-state index contributed by atoms with van der Waals surface area (Å²) in [6.45, 7) is 0. The van der Waals surface area contributed by atoms with Crippen LogP contribution in [0.3, 0.4) is 0 Å². The van der Waals surface area contributed by atoms with E-state index >= 15 is 0 Å². The average molecular weight is 345 g/mol. The topological polar surface area (TPSA) is 77.8 Å². The molecule has 3 aromatic carbocycles. The third kappa shape index (κ3) is 2.69. The monoisotopic (exact) mass is 345 g/mol. The van der Waals surface area contributed by atoms with Crippen molar-refractivity contribution < 1.29 is 19.8 Å². The zero-order valence-electron chi connectivity index (χ0n) is 13.7. The van der Waals surface area contributed by atoms with Gasteiger partial charge in [0.25, 0.3) is 5.91 Å². The maximum absolute atomic E-state index is 12.7. The first-order chi connectivity index (χ1) is 12.5. The van der Waals surface area contributed by atoms with Crippen molar-refractivity contribution >= 4 is 34.4 Å². The number of phenols is 2. The molecule has 1 aliphatic heterocycles. The largest absolute Gasteiger partial charge is 0.504 e. The second-order valence-corrected chi connectivity index (χ2v) is 6.16. The number of fused-ring (bicyclic) bond motifs is 1. The molecule has 0 saturated carbocycles. The molecule has 3 aromatic rings. The Kier molecular flexibility index (Phi) is 3.69. The predicted molar refractivity (Wildman–Crippen MR) is 98.8 cm³/mol. The van der Waals surface area contributed by atoms with Gasteiger partial charge in [-0.1, -0.05) is 36.4 Å². The molecule has 1 aliphatic rings. The molecule has 0 aromatic heterocycles. The molecule has 26 heavy (non-hydrogen) atoms. The van der Waals surface area contributed by atoms with Crippen molar-refractivity contribution in [3.8, 4) is 11.5 Å². The van der Waals surface area contributed by atoms with Crippen molar-refractivity contribution in [1.82, 2.24) is 0 Å². The van der Waals surface area contributed by atoms with E-state index in [0.29, 0.717) is 16.8 Å². The van der Waals surface area contributed by atoms with Crippen LogP contribution in [0.5, 0.6) is 11.5 Å². The van der Waals surface area contributed by atoms with Gasteiger partial charge in [-0.15, -0.1) is 0 Å². The van der Waals surface area contributed by atoms with Crippen LogP contribution >= 0.6 is 0 Å². The summed E-state index contributed by atoms with van der Waals surface area (Å²) < 4.78 is 0. The highest BCUT2D eigenvalue weighted by molar-refractivity contribution is 6.29. The molecule has 0 unspecified atom stereocenters. The first-order valence-corrected chi connectivity index (χ1v) is 8.11. The van der Waals surface area contributed by atoms with E-state index in [2.05, 4.69) is 0 Å². The van der Waals surface area contributed by atoms with E-state index in [1.165, 1.54) is 17.0 Å². The lowest BCUT2D eigenvalue weighted by Crippen LogP contribution is -2.28. The van der Waals surface area contributed by atoms with Gasteiger partial charge in [-0.05, 0) is 46.7 Å². The second kappa shape index (κ2) is 6.04. The molecule has 0 radical (unpaired) electrons. The highest BCUT2D eigenvalue weighted by Gasteiger charge is 2.35. The van der Waals surface area contributed by atoms with Crippen LogP contribution in [0.15, 0.2) is 66.2 Å². The fourth-order valence-corrected chi connectivity index (χ4v) is 3.10. The molecule has 2 amide bonds. The van der Waals surface area contributed by atoms with Crippen LogP contribution in [0.2, 0.25) is 0 Å². The number of hydrogen-bond acceptors (Lipinski definition) is 4. The molecule has 0 bridgehead atoms. The Bertz CT molecular complexity index is 1080. The molecule has 5 nitrogen and oxygen atoms in total. The van der Waals surface area contributed by atoms with Gasteiger partial charge in [-0.25, -0.2) is 4.90 Å². The maximum atomic E-state index is 12.7. The Morgan fingerprint density at radius 2 is 1.62 bits per heavy atom. The van der Waals surface area contributed by atoms with Crippen LogP contribution in [-0.2, 0) is 9.59 Å². The van der Waals surface area contributed by atoms with E-state index in [0.717, 1.165) is 10.8 Å². The van der Waals surface area contributed by atoms with Crippen LogP contribution in [0.4, 0.5) is 5.69 Å². The normalized spacial score (nSPS) is 16.0. The van der Waals surface area contributed by atoms with Crippen LogP contribution in [0.25, 0.3) is 16.8 Å². The molecule has 128 valence electrons. The Morgan fingerprint density at radius 1 is 0.846 bits per heavy atom. The maximum Gasteiger partial charge on any atom is 0.261 e. The molecule has 1 saturated heterocycles. The third-order valence-corrected chi connectivity index (χ3v) is 4.40. The highest BCUT2D eigenvalue weighted by Crippen LogP contribution is 2.31. The van der Waals surface area contributed by atoms with Gasteiger partial charge in [0.15, 0.2) is 11.5 Å². The Hall–Kier alpha value is -3.60. The van der Waals surface area contributed by atoms with Crippen LogP contribution in [0.1, 0.15) is 12.0 Å². The lowest BCUT2D eigenvalue weighted by atomic mass is 10.1. The third-order valence-electron chi connectivity index (χ3n) is 4.40. The van der Waals surface area contributed by atoms with E-state index in [-0.39, 0.29) is 29.7 Å². The van der Waals surface area contributed by atoms with Gasteiger partial charge in [-0.2, -0.15) is 0 Å². The van der Waals surface area contributed by atoms with E-state index in [1.54, 1.807) is 18.2 Å². The summed E-state index contributed by atoms with van der Waals surface area (Å²) in [5, 5.41) is 20.9. The first-order valence-electron chi connectivity index (χ1n) is 8.11. The minimum absolute atomic E-state index is 0.00665. The van der Waals surface area contributed by atoms with Crippen LogP contribution in [0, 0.1) is 0 Å². The highest BCUT2D eigenvalue weighted by atomic mass is 16.3. The van der Waals surface area contributed by atoms with Crippen molar-refractivity contribution in [3.05, 3.63) is 71.8 Å². The summed E-state index contributed by atoms with van der Waals surface area (Å²) in [7, 11) is 0. The van der Waals surface area contributed by atoms with E-state index < -0.39 is 0 Å². The lowest BCUT2D eigenvalue weighted by Gasteiger charge is -2.14. The quantitative estimate of drug-likeness (QED) is 0.423. The summed E-state index contributed by atoms with van der Waals surface area (Å²) in [4.78, 5) is 26.3. The molecule has 0 aliphatic carbocycles. The molecular formula is C21H15NO4. The van der Waals surface area contributed by atoms with Crippen LogP contribution < -0.4 is 4.90 Å². The predicted octanol–water partition coefficient (Wildman–Crippen LogP) is 3.60. The van der Waals surface area contributed by atoms with Gasteiger partial charge >= 0.3 is 0 Å². The number of carbonyl (C=O) groups is 2. The van der Waals surface area contributed by atoms with Gasteiger partial charge in [0.2, 0.25) is 5.91 Å². The average Bonchev–Trinajstić information content (AvgIpc) is 2.91. The summed E-state index contributed by atoms with van der Waals surface area (Å²) in [5.74, 6) is -1.18. The van der Waals surface area contributed by atoms with Crippen molar-refractivity contribution in [2.45, 2.75) is 6.42 Å². The SMILES string of the molecule is O=C1C/C(=C\c2ccc(O)c(O)c2)C(=O)N1c1ccc2ccccc2c1. The summed E-state index contributed by atoms with van der Waals surface area (Å²) in [6.07, 6.45) is 1.55. The summed E-state index contributed by atoms with van der Waals surface area (Å²) >= 11 is 0. The number of anilines is 1. The summed E-state index contributed by atoms with van der Waals surface area (Å²) in [5.41, 5.74) is 1.42. The molecule has 0 spiro atoms. The number of nitrogens with zero attached hydrogens (tertiary/aromatic N) is 1. The van der Waals surface area contributed by atoms with E-state index in [4.69, 9.17) is 0 Å². The summed E-state index contributed by atoms with van der Waals surface area (Å²) in [6, 6.07) is 17.4. The lowest BCUT2D eigenvalue weighted by molar-refractivity contribution is -0.120. The van der Waals surface area contributed by atoms with Crippen LogP contribution in [-0.4, -0.2) is 22.0 Å². The number of rotatable bonds is 2. The number of imide groups is 1. The zero-order chi connectivity index (χ0) is 18.3. The molecular weight excluding hydrogens is 330 g/mol. The van der Waals surface area contributed by atoms with Gasteiger partial charge in [0, 0.05) is 5.57 Å². The number of benzene rings is 3. The van der Waals surface area contributed by atoms with Gasteiger partial charge in [-0.3, -0.25) is 9.59 Å². The number of carbonyl (C=O) groups excluding carboxylic acids is 2. The molecule has 5 heteroatoms. The fraction of sp³-hybridized carbons (Fsp3) is 0.0476. The number of hydrogen-bond donors (Lipinski definition) is 2. The Labute approximate surface area is 149 Å². The number of phenolic OH excluding ortho intramolecular Hbond substituents is 2. The molecule has 1 heterocycles.